The molecule has 0 radical (unpaired) electrons. The molecule has 1 aromatic rings. The molecule has 1 aliphatic carbocycles. The molecule has 5 heteroatoms. The van der Waals surface area contributed by atoms with Gasteiger partial charge >= 0.3 is 0 Å². The van der Waals surface area contributed by atoms with Crippen LogP contribution in [0.4, 0.5) is 0 Å². The fourth-order valence-corrected chi connectivity index (χ4v) is 2.61. The molecule has 0 unspecified atom stereocenters. The number of hydrogen-bond donors (Lipinski definition) is 1. The maximum atomic E-state index is 5.43. The van der Waals surface area contributed by atoms with Crippen LogP contribution in [0.5, 0.6) is 17.2 Å². The maximum Gasteiger partial charge on any atom is 0.164 e. The third kappa shape index (κ3) is 3.93. The van der Waals surface area contributed by atoms with Crippen molar-refractivity contribution in [3.63, 3.8) is 0 Å². The van der Waals surface area contributed by atoms with E-state index in [1.807, 2.05) is 12.1 Å². The number of nitrogens with one attached hydrogen (secondary N) is 1. The molecule has 0 heterocycles. The topological polar surface area (TPSA) is 39.7 Å². The molecule has 0 bridgehead atoms. The van der Waals surface area contributed by atoms with Crippen LogP contribution < -0.4 is 19.5 Å². The largest absolute Gasteiger partial charge is 0.496 e. The summed E-state index contributed by atoms with van der Waals surface area (Å²) in [6.07, 6.45) is 5.21. The quantitative estimate of drug-likeness (QED) is 0.876. The standard InChI is InChI=1S/C15H23NO3.ClH/c1-17-13-9-15(19-3)14(18-2)8-11(13)10-16-12-6-4-5-7-12;/h8-9,12,16H,4-7,10H2,1-3H3;1H. The predicted octanol–water partition coefficient (Wildman–Crippen LogP) is 3.17. The SMILES string of the molecule is COc1cc(OC)c(OC)cc1CNC1CCCC1.Cl. The minimum Gasteiger partial charge on any atom is -0.496 e. The Labute approximate surface area is 127 Å². The molecule has 0 amide bonds. The first-order chi connectivity index (χ1) is 9.28. The van der Waals surface area contributed by atoms with Crippen LogP contribution in [0.2, 0.25) is 0 Å². The molecule has 20 heavy (non-hydrogen) atoms. The van der Waals surface area contributed by atoms with E-state index in [9.17, 15) is 0 Å². The molecule has 1 aliphatic rings. The van der Waals surface area contributed by atoms with Crippen LogP contribution >= 0.6 is 12.4 Å². The summed E-state index contributed by atoms with van der Waals surface area (Å²) >= 11 is 0. The predicted molar refractivity (Wildman–Crippen MR) is 82.4 cm³/mol. The van der Waals surface area contributed by atoms with Gasteiger partial charge in [0, 0.05) is 24.2 Å². The van der Waals surface area contributed by atoms with Crippen molar-refractivity contribution in [2.24, 2.45) is 0 Å². The highest BCUT2D eigenvalue weighted by Gasteiger charge is 2.16. The van der Waals surface area contributed by atoms with E-state index in [0.29, 0.717) is 11.8 Å². The molecular weight excluding hydrogens is 278 g/mol. The second-order valence-electron chi connectivity index (χ2n) is 4.88. The Morgan fingerprint density at radius 1 is 0.950 bits per heavy atom. The Morgan fingerprint density at radius 2 is 1.50 bits per heavy atom. The maximum absolute atomic E-state index is 5.43. The molecule has 2 rings (SSSR count). The zero-order chi connectivity index (χ0) is 13.7. The summed E-state index contributed by atoms with van der Waals surface area (Å²) in [5.41, 5.74) is 1.10. The molecule has 0 aromatic heterocycles. The number of ether oxygens (including phenoxy) is 3. The van der Waals surface area contributed by atoms with Gasteiger partial charge in [-0.1, -0.05) is 12.8 Å². The summed E-state index contributed by atoms with van der Waals surface area (Å²) in [4.78, 5) is 0. The van der Waals surface area contributed by atoms with E-state index in [4.69, 9.17) is 14.2 Å². The van der Waals surface area contributed by atoms with E-state index in [2.05, 4.69) is 5.32 Å². The summed E-state index contributed by atoms with van der Waals surface area (Å²) < 4.78 is 16.1. The third-order valence-corrected chi connectivity index (χ3v) is 3.72. The molecule has 1 N–H and O–H groups in total. The van der Waals surface area contributed by atoms with E-state index in [0.717, 1.165) is 23.6 Å². The van der Waals surface area contributed by atoms with Gasteiger partial charge in [-0.3, -0.25) is 0 Å². The minimum absolute atomic E-state index is 0. The molecule has 1 saturated carbocycles. The molecule has 0 saturated heterocycles. The Hall–Kier alpha value is -1.13. The molecule has 0 spiro atoms. The van der Waals surface area contributed by atoms with Crippen LogP contribution in [-0.4, -0.2) is 27.4 Å². The molecule has 0 atom stereocenters. The Kier molecular flexibility index (Phi) is 6.96. The minimum atomic E-state index is 0. The van der Waals surface area contributed by atoms with Gasteiger partial charge < -0.3 is 19.5 Å². The summed E-state index contributed by atoms with van der Waals surface area (Å²) in [6, 6.07) is 4.50. The summed E-state index contributed by atoms with van der Waals surface area (Å²) in [6.45, 7) is 0.800. The van der Waals surface area contributed by atoms with Crippen LogP contribution in [0, 0.1) is 0 Å². The van der Waals surface area contributed by atoms with E-state index in [1.54, 1.807) is 21.3 Å². The monoisotopic (exact) mass is 301 g/mol. The number of methoxy groups -OCH3 is 3. The normalized spacial score (nSPS) is 14.8. The van der Waals surface area contributed by atoms with Gasteiger partial charge in [-0.25, -0.2) is 0 Å². The van der Waals surface area contributed by atoms with Crippen LogP contribution in [0.1, 0.15) is 31.2 Å². The highest BCUT2D eigenvalue weighted by Crippen LogP contribution is 2.34. The molecule has 114 valence electrons. The van der Waals surface area contributed by atoms with Crippen molar-refractivity contribution < 1.29 is 14.2 Å². The zero-order valence-electron chi connectivity index (χ0n) is 12.4. The van der Waals surface area contributed by atoms with Gasteiger partial charge in [-0.2, -0.15) is 0 Å². The van der Waals surface area contributed by atoms with E-state index >= 15 is 0 Å². The van der Waals surface area contributed by atoms with E-state index in [-0.39, 0.29) is 12.4 Å². The highest BCUT2D eigenvalue weighted by atomic mass is 35.5. The molecular formula is C15H24ClNO3. The van der Waals surface area contributed by atoms with Gasteiger partial charge in [0.1, 0.15) is 5.75 Å². The summed E-state index contributed by atoms with van der Waals surface area (Å²) in [5, 5.41) is 3.59. The summed E-state index contributed by atoms with van der Waals surface area (Å²) in [7, 11) is 4.96. The van der Waals surface area contributed by atoms with Crippen LogP contribution in [0.3, 0.4) is 0 Å². The van der Waals surface area contributed by atoms with Crippen molar-refractivity contribution in [2.75, 3.05) is 21.3 Å². The molecule has 0 aliphatic heterocycles. The van der Waals surface area contributed by atoms with E-state index in [1.165, 1.54) is 25.7 Å². The number of halogens is 1. The smallest absolute Gasteiger partial charge is 0.164 e. The Balaban J connectivity index is 0.00000200. The van der Waals surface area contributed by atoms with Crippen LogP contribution in [-0.2, 0) is 6.54 Å². The lowest BCUT2D eigenvalue weighted by Crippen LogP contribution is -2.25. The van der Waals surface area contributed by atoms with Gasteiger partial charge in [0.2, 0.25) is 0 Å². The zero-order valence-corrected chi connectivity index (χ0v) is 13.2. The number of rotatable bonds is 6. The Bertz CT molecular complexity index is 420. The average Bonchev–Trinajstić information content (AvgIpc) is 2.97. The van der Waals surface area contributed by atoms with Crippen molar-refractivity contribution in [3.05, 3.63) is 17.7 Å². The van der Waals surface area contributed by atoms with Gasteiger partial charge in [-0.05, 0) is 18.9 Å². The van der Waals surface area contributed by atoms with Crippen LogP contribution in [0.25, 0.3) is 0 Å². The number of hydrogen-bond acceptors (Lipinski definition) is 4. The first-order valence-corrected chi connectivity index (χ1v) is 6.80. The third-order valence-electron chi connectivity index (χ3n) is 3.72. The second-order valence-corrected chi connectivity index (χ2v) is 4.88. The number of benzene rings is 1. The van der Waals surface area contributed by atoms with Gasteiger partial charge in [-0.15, -0.1) is 12.4 Å². The van der Waals surface area contributed by atoms with Crippen molar-refractivity contribution in [1.82, 2.24) is 5.32 Å². The van der Waals surface area contributed by atoms with Crippen molar-refractivity contribution in [2.45, 2.75) is 38.3 Å². The van der Waals surface area contributed by atoms with Gasteiger partial charge in [0.15, 0.2) is 11.5 Å². The van der Waals surface area contributed by atoms with Crippen molar-refractivity contribution in [3.8, 4) is 17.2 Å². The lowest BCUT2D eigenvalue weighted by atomic mass is 10.1. The fourth-order valence-electron chi connectivity index (χ4n) is 2.61. The average molecular weight is 302 g/mol. The highest BCUT2D eigenvalue weighted by molar-refractivity contribution is 5.85. The van der Waals surface area contributed by atoms with Crippen molar-refractivity contribution in [1.29, 1.82) is 0 Å². The first kappa shape index (κ1) is 16.9. The fraction of sp³-hybridized carbons (Fsp3) is 0.600. The molecule has 1 fully saturated rings. The van der Waals surface area contributed by atoms with E-state index < -0.39 is 0 Å². The summed E-state index contributed by atoms with van der Waals surface area (Å²) in [5.74, 6) is 2.28. The lowest BCUT2D eigenvalue weighted by Gasteiger charge is -2.16. The van der Waals surface area contributed by atoms with Crippen molar-refractivity contribution >= 4 is 12.4 Å². The lowest BCUT2D eigenvalue weighted by molar-refractivity contribution is 0.346. The first-order valence-electron chi connectivity index (χ1n) is 6.80. The molecule has 4 nitrogen and oxygen atoms in total. The second kappa shape index (κ2) is 8.22. The van der Waals surface area contributed by atoms with Crippen LogP contribution in [0.15, 0.2) is 12.1 Å². The van der Waals surface area contributed by atoms with Gasteiger partial charge in [0.25, 0.3) is 0 Å². The molecule has 1 aromatic carbocycles. The van der Waals surface area contributed by atoms with Gasteiger partial charge in [0.05, 0.1) is 21.3 Å². The Morgan fingerprint density at radius 3 is 2.05 bits per heavy atom.